The fourth-order valence-corrected chi connectivity index (χ4v) is 2.22. The maximum Gasteiger partial charge on any atom is 0.360 e. The average molecular weight is 267 g/mol. The van der Waals surface area contributed by atoms with Crippen molar-refractivity contribution in [3.05, 3.63) is 12.0 Å². The van der Waals surface area contributed by atoms with Crippen molar-refractivity contribution < 1.29 is 14.3 Å². The molecule has 0 saturated heterocycles. The van der Waals surface area contributed by atoms with Gasteiger partial charge in [0.1, 0.15) is 5.82 Å². The molecule has 0 unspecified atom stereocenters. The summed E-state index contributed by atoms with van der Waals surface area (Å²) in [5.74, 6) is -0.0670. The molecule has 0 atom stereocenters. The molecule has 19 heavy (non-hydrogen) atoms. The van der Waals surface area contributed by atoms with Gasteiger partial charge in [-0.25, -0.2) is 9.78 Å². The van der Waals surface area contributed by atoms with E-state index in [0.29, 0.717) is 12.4 Å². The van der Waals surface area contributed by atoms with Crippen LogP contribution in [0.4, 0.5) is 5.82 Å². The number of hydrogen-bond acceptors (Lipinski definition) is 5. The number of rotatable bonds is 7. The summed E-state index contributed by atoms with van der Waals surface area (Å²) < 4.78 is 11.9. The molecule has 1 saturated carbocycles. The van der Waals surface area contributed by atoms with Gasteiger partial charge in [0.25, 0.3) is 0 Å². The Hall–Kier alpha value is -1.56. The van der Waals surface area contributed by atoms with Crippen molar-refractivity contribution in [3.63, 3.8) is 0 Å². The number of methoxy groups -OCH3 is 1. The number of carbonyl (C=O) groups excluding carboxylic acids is 1. The van der Waals surface area contributed by atoms with E-state index in [1.54, 1.807) is 20.4 Å². The van der Waals surface area contributed by atoms with Crippen molar-refractivity contribution in [1.29, 1.82) is 0 Å². The van der Waals surface area contributed by atoms with Crippen LogP contribution in [-0.4, -0.2) is 35.8 Å². The van der Waals surface area contributed by atoms with E-state index >= 15 is 0 Å². The summed E-state index contributed by atoms with van der Waals surface area (Å²) in [4.78, 5) is 15.7. The number of anilines is 1. The predicted octanol–water partition coefficient (Wildman–Crippen LogP) is 1.46. The third kappa shape index (κ3) is 3.07. The zero-order chi connectivity index (χ0) is 13.9. The molecule has 6 nitrogen and oxygen atoms in total. The second-order valence-electron chi connectivity index (χ2n) is 5.07. The van der Waals surface area contributed by atoms with Gasteiger partial charge in [-0.2, -0.15) is 0 Å². The van der Waals surface area contributed by atoms with Crippen LogP contribution in [0, 0.1) is 5.41 Å². The highest BCUT2D eigenvalue weighted by atomic mass is 16.5. The Morgan fingerprint density at radius 1 is 1.58 bits per heavy atom. The molecule has 1 aromatic heterocycles. The molecular weight excluding hydrogens is 246 g/mol. The maximum absolute atomic E-state index is 11.6. The Labute approximate surface area is 112 Å². The van der Waals surface area contributed by atoms with Gasteiger partial charge in [-0.15, -0.1) is 0 Å². The lowest BCUT2D eigenvalue weighted by Crippen LogP contribution is -2.16. The zero-order valence-corrected chi connectivity index (χ0v) is 11.5. The van der Waals surface area contributed by atoms with Crippen LogP contribution in [0.1, 0.15) is 36.7 Å². The molecule has 0 aromatic carbocycles. The van der Waals surface area contributed by atoms with Crippen molar-refractivity contribution >= 4 is 11.8 Å². The maximum atomic E-state index is 11.6. The molecule has 1 aromatic rings. The first-order chi connectivity index (χ1) is 9.12. The molecule has 1 fully saturated rings. The van der Waals surface area contributed by atoms with Gasteiger partial charge in [0.15, 0.2) is 5.69 Å². The Balaban J connectivity index is 2.04. The third-order valence-electron chi connectivity index (χ3n) is 3.65. The Kier molecular flexibility index (Phi) is 4.09. The highest BCUT2D eigenvalue weighted by Crippen LogP contribution is 2.50. The second-order valence-corrected chi connectivity index (χ2v) is 5.07. The lowest BCUT2D eigenvalue weighted by Gasteiger charge is -2.16. The number of hydrogen-bond donors (Lipinski definition) is 1. The summed E-state index contributed by atoms with van der Waals surface area (Å²) in [6, 6.07) is 0. The minimum Gasteiger partial charge on any atom is -0.461 e. The third-order valence-corrected chi connectivity index (χ3v) is 3.65. The van der Waals surface area contributed by atoms with Crippen molar-refractivity contribution in [2.75, 3.05) is 26.1 Å². The smallest absolute Gasteiger partial charge is 0.360 e. The van der Waals surface area contributed by atoms with Crippen LogP contribution in [0.5, 0.6) is 0 Å². The van der Waals surface area contributed by atoms with Crippen LogP contribution < -0.4 is 5.73 Å². The van der Waals surface area contributed by atoms with Crippen LogP contribution in [0.3, 0.4) is 0 Å². The van der Waals surface area contributed by atoms with Crippen LogP contribution in [0.15, 0.2) is 6.33 Å². The number of carbonyl (C=O) groups is 1. The normalized spacial score (nSPS) is 16.3. The Bertz CT molecular complexity index is 452. The molecule has 1 aliphatic rings. The molecule has 0 aliphatic heterocycles. The van der Waals surface area contributed by atoms with Gasteiger partial charge in [-0.1, -0.05) is 0 Å². The van der Waals surface area contributed by atoms with E-state index in [1.807, 2.05) is 4.57 Å². The van der Waals surface area contributed by atoms with Gasteiger partial charge in [0.05, 0.1) is 12.9 Å². The Morgan fingerprint density at radius 3 is 2.89 bits per heavy atom. The van der Waals surface area contributed by atoms with Gasteiger partial charge in [0.2, 0.25) is 0 Å². The molecule has 0 spiro atoms. The lowest BCUT2D eigenvalue weighted by molar-refractivity contribution is 0.0521. The first-order valence-electron chi connectivity index (χ1n) is 6.58. The zero-order valence-electron chi connectivity index (χ0n) is 11.5. The minimum absolute atomic E-state index is 0.212. The molecule has 6 heteroatoms. The quantitative estimate of drug-likeness (QED) is 0.756. The lowest BCUT2D eigenvalue weighted by atomic mass is 10.0. The molecule has 0 radical (unpaired) electrons. The fraction of sp³-hybridized carbons (Fsp3) is 0.692. The molecule has 2 rings (SSSR count). The molecule has 1 aliphatic carbocycles. The van der Waals surface area contributed by atoms with Crippen LogP contribution in [0.25, 0.3) is 0 Å². The topological polar surface area (TPSA) is 79.4 Å². The Morgan fingerprint density at radius 2 is 2.32 bits per heavy atom. The number of esters is 1. The molecule has 2 N–H and O–H groups in total. The summed E-state index contributed by atoms with van der Waals surface area (Å²) in [6.45, 7) is 3.62. The van der Waals surface area contributed by atoms with E-state index in [0.717, 1.165) is 19.6 Å². The monoisotopic (exact) mass is 267 g/mol. The van der Waals surface area contributed by atoms with Gasteiger partial charge in [-0.3, -0.25) is 0 Å². The first kappa shape index (κ1) is 13.9. The summed E-state index contributed by atoms with van der Waals surface area (Å²) in [5, 5.41) is 0. The fourth-order valence-electron chi connectivity index (χ4n) is 2.22. The van der Waals surface area contributed by atoms with E-state index < -0.39 is 5.97 Å². The molecular formula is C13H21N3O3. The first-order valence-corrected chi connectivity index (χ1v) is 6.58. The van der Waals surface area contributed by atoms with E-state index in [4.69, 9.17) is 15.2 Å². The van der Waals surface area contributed by atoms with Gasteiger partial charge < -0.3 is 19.8 Å². The van der Waals surface area contributed by atoms with Crippen molar-refractivity contribution in [2.24, 2.45) is 5.41 Å². The summed E-state index contributed by atoms with van der Waals surface area (Å²) >= 11 is 0. The van der Waals surface area contributed by atoms with E-state index in [9.17, 15) is 4.79 Å². The number of nitrogens with zero attached hydrogens (tertiary/aromatic N) is 2. The predicted molar refractivity (Wildman–Crippen MR) is 70.8 cm³/mol. The molecule has 1 heterocycles. The minimum atomic E-state index is -0.458. The van der Waals surface area contributed by atoms with Gasteiger partial charge >= 0.3 is 5.97 Å². The van der Waals surface area contributed by atoms with Crippen LogP contribution >= 0.6 is 0 Å². The van der Waals surface area contributed by atoms with Gasteiger partial charge in [0, 0.05) is 20.3 Å². The van der Waals surface area contributed by atoms with Crippen LogP contribution in [0.2, 0.25) is 0 Å². The summed E-state index contributed by atoms with van der Waals surface area (Å²) in [6.07, 6.45) is 4.97. The van der Waals surface area contributed by atoms with E-state index in [2.05, 4.69) is 4.98 Å². The molecule has 106 valence electrons. The van der Waals surface area contributed by atoms with Crippen molar-refractivity contribution in [1.82, 2.24) is 9.55 Å². The van der Waals surface area contributed by atoms with Crippen LogP contribution in [-0.2, 0) is 16.0 Å². The second kappa shape index (κ2) is 5.61. The van der Waals surface area contributed by atoms with E-state index in [1.165, 1.54) is 12.8 Å². The largest absolute Gasteiger partial charge is 0.461 e. The van der Waals surface area contributed by atoms with Crippen molar-refractivity contribution in [2.45, 2.75) is 32.7 Å². The summed E-state index contributed by atoms with van der Waals surface area (Å²) in [5.41, 5.74) is 6.44. The number of aromatic nitrogens is 2. The van der Waals surface area contributed by atoms with Crippen molar-refractivity contribution in [3.8, 4) is 0 Å². The SMILES string of the molecule is CCOC(=O)c1ncn(CC2(CCOC)CC2)c1N. The number of ether oxygens (including phenoxy) is 2. The van der Waals surface area contributed by atoms with Gasteiger partial charge in [-0.05, 0) is 31.6 Å². The standard InChI is InChI=1S/C13H21N3O3/c1-3-19-12(17)10-11(14)16(9-15-10)8-13(4-5-13)6-7-18-2/h9H,3-8,14H2,1-2H3. The molecule has 0 amide bonds. The molecule has 0 bridgehead atoms. The van der Waals surface area contributed by atoms with E-state index in [-0.39, 0.29) is 11.1 Å². The number of nitrogen functional groups attached to an aromatic ring is 1. The summed E-state index contributed by atoms with van der Waals surface area (Å²) in [7, 11) is 1.71. The highest BCUT2D eigenvalue weighted by Gasteiger charge is 2.42. The number of nitrogens with two attached hydrogens (primary N) is 1. The average Bonchev–Trinajstić information content (AvgIpc) is 3.06. The number of imidazole rings is 1. The highest BCUT2D eigenvalue weighted by molar-refractivity contribution is 5.92.